The zero-order valence-corrected chi connectivity index (χ0v) is 14.2. The fourth-order valence-corrected chi connectivity index (χ4v) is 5.66. The van der Waals surface area contributed by atoms with Crippen LogP contribution in [0.25, 0.3) is 0 Å². The second kappa shape index (κ2) is 7.27. The number of rotatable bonds is 5. The molecule has 0 amide bonds. The van der Waals surface area contributed by atoms with Gasteiger partial charge in [-0.3, -0.25) is 4.79 Å². The van der Waals surface area contributed by atoms with Crippen molar-refractivity contribution in [3.63, 3.8) is 0 Å². The Morgan fingerprint density at radius 1 is 1.16 bits per heavy atom. The van der Waals surface area contributed by atoms with Crippen LogP contribution in [0.1, 0.15) is 46.0 Å². The molecular formula is C16H30O2Si. The number of hydrogen-bond acceptors (Lipinski definition) is 2. The predicted molar refractivity (Wildman–Crippen MR) is 84.0 cm³/mol. The number of allylic oxidation sites excluding steroid dienone is 1. The Bertz CT molecular complexity index is 311. The minimum absolute atomic E-state index is 0.0973. The molecule has 3 heteroatoms. The van der Waals surface area contributed by atoms with Crippen molar-refractivity contribution in [1.82, 2.24) is 0 Å². The molecule has 0 aromatic carbocycles. The predicted octanol–water partition coefficient (Wildman–Crippen LogP) is 4.78. The van der Waals surface area contributed by atoms with Crippen molar-refractivity contribution < 1.29 is 9.53 Å². The molecule has 0 bridgehead atoms. The van der Waals surface area contributed by atoms with E-state index in [-0.39, 0.29) is 12.1 Å². The van der Waals surface area contributed by atoms with E-state index in [4.69, 9.17) is 4.74 Å². The van der Waals surface area contributed by atoms with Gasteiger partial charge in [-0.1, -0.05) is 57.8 Å². The van der Waals surface area contributed by atoms with Crippen LogP contribution in [-0.2, 0) is 9.53 Å². The van der Waals surface area contributed by atoms with E-state index in [1.54, 1.807) is 0 Å². The van der Waals surface area contributed by atoms with Crippen LogP contribution in [0, 0.1) is 5.92 Å². The Hall–Kier alpha value is -0.573. The van der Waals surface area contributed by atoms with Crippen molar-refractivity contribution >= 4 is 14.0 Å². The average molecular weight is 282 g/mol. The highest BCUT2D eigenvalue weighted by molar-refractivity contribution is 6.78. The molecule has 1 rings (SSSR count). The van der Waals surface area contributed by atoms with Gasteiger partial charge in [0.2, 0.25) is 0 Å². The lowest BCUT2D eigenvalue weighted by atomic mass is 9.86. The van der Waals surface area contributed by atoms with E-state index in [9.17, 15) is 4.79 Å². The summed E-state index contributed by atoms with van der Waals surface area (Å²) >= 11 is 0. The van der Waals surface area contributed by atoms with Gasteiger partial charge in [0.25, 0.3) is 0 Å². The molecule has 19 heavy (non-hydrogen) atoms. The fourth-order valence-electron chi connectivity index (χ4n) is 3.22. The molecule has 0 aliphatic heterocycles. The molecule has 0 unspecified atom stereocenters. The van der Waals surface area contributed by atoms with Gasteiger partial charge in [0.05, 0.1) is 8.07 Å². The molecule has 0 N–H and O–H groups in total. The molecular weight excluding hydrogens is 252 g/mol. The van der Waals surface area contributed by atoms with Crippen molar-refractivity contribution in [2.45, 2.75) is 77.2 Å². The summed E-state index contributed by atoms with van der Waals surface area (Å²) in [7, 11) is -1.21. The van der Waals surface area contributed by atoms with Crippen LogP contribution >= 0.6 is 0 Å². The molecule has 0 aromatic rings. The normalized spacial score (nSPS) is 21.3. The third-order valence-electron chi connectivity index (χ3n) is 4.10. The van der Waals surface area contributed by atoms with Crippen molar-refractivity contribution in [3.05, 3.63) is 12.2 Å². The Kier molecular flexibility index (Phi) is 6.31. The monoisotopic (exact) mass is 282 g/mol. The Morgan fingerprint density at radius 3 is 2.21 bits per heavy atom. The van der Waals surface area contributed by atoms with Gasteiger partial charge in [-0.25, -0.2) is 0 Å². The maximum Gasteiger partial charge on any atom is 0.303 e. The van der Waals surface area contributed by atoms with Crippen molar-refractivity contribution in [1.29, 1.82) is 0 Å². The van der Waals surface area contributed by atoms with Crippen molar-refractivity contribution in [2.24, 2.45) is 5.92 Å². The number of ether oxygens (including phenoxy) is 1. The van der Waals surface area contributed by atoms with Gasteiger partial charge in [-0.2, -0.15) is 0 Å². The van der Waals surface area contributed by atoms with Crippen LogP contribution in [0.2, 0.25) is 25.2 Å². The van der Waals surface area contributed by atoms with Gasteiger partial charge in [0.1, 0.15) is 6.10 Å². The highest BCUT2D eigenvalue weighted by Crippen LogP contribution is 2.40. The second-order valence-electron chi connectivity index (χ2n) is 6.99. The summed E-state index contributed by atoms with van der Waals surface area (Å²) in [4.78, 5) is 10.9. The van der Waals surface area contributed by atoms with E-state index in [1.807, 2.05) is 6.92 Å². The smallest absolute Gasteiger partial charge is 0.303 e. The van der Waals surface area contributed by atoms with Crippen molar-refractivity contribution in [3.8, 4) is 0 Å². The first-order chi connectivity index (χ1) is 8.80. The molecule has 1 aliphatic rings. The molecule has 1 fully saturated rings. The Morgan fingerprint density at radius 2 is 1.74 bits per heavy atom. The highest BCUT2D eigenvalue weighted by atomic mass is 28.3. The Labute approximate surface area is 119 Å². The van der Waals surface area contributed by atoms with E-state index in [0.29, 0.717) is 5.54 Å². The lowest BCUT2D eigenvalue weighted by Crippen LogP contribution is -2.33. The minimum atomic E-state index is -1.21. The molecule has 2 nitrogen and oxygen atoms in total. The van der Waals surface area contributed by atoms with E-state index in [1.165, 1.54) is 39.0 Å². The van der Waals surface area contributed by atoms with Gasteiger partial charge in [0, 0.05) is 6.92 Å². The standard InChI is InChI=1S/C16H30O2Si/c1-13(18-14(2)17)11-12-16(19(3,4)5)15-9-7-6-8-10-15/h11-13,15-16H,6-10H2,1-5H3/b12-11-/t13-,16-/m1/s1. The molecule has 0 aromatic heterocycles. The van der Waals surface area contributed by atoms with Crippen molar-refractivity contribution in [2.75, 3.05) is 0 Å². The fraction of sp³-hybridized carbons (Fsp3) is 0.812. The number of hydrogen-bond donors (Lipinski definition) is 0. The minimum Gasteiger partial charge on any atom is -0.459 e. The molecule has 1 saturated carbocycles. The number of carbonyl (C=O) groups excluding carboxylic acids is 1. The van der Waals surface area contributed by atoms with Gasteiger partial charge < -0.3 is 4.74 Å². The quantitative estimate of drug-likeness (QED) is 0.412. The van der Waals surface area contributed by atoms with E-state index in [0.717, 1.165) is 5.92 Å². The van der Waals surface area contributed by atoms with Crippen LogP contribution in [0.4, 0.5) is 0 Å². The lowest BCUT2D eigenvalue weighted by Gasteiger charge is -2.36. The van der Waals surface area contributed by atoms with Gasteiger partial charge in [-0.05, 0) is 24.5 Å². The topological polar surface area (TPSA) is 26.3 Å². The van der Waals surface area contributed by atoms with Crippen LogP contribution in [-0.4, -0.2) is 20.1 Å². The first-order valence-corrected chi connectivity index (χ1v) is 11.2. The van der Waals surface area contributed by atoms with Gasteiger partial charge in [-0.15, -0.1) is 0 Å². The first-order valence-electron chi connectivity index (χ1n) is 7.66. The molecule has 1 aliphatic carbocycles. The van der Waals surface area contributed by atoms with E-state index in [2.05, 4.69) is 31.8 Å². The summed E-state index contributed by atoms with van der Waals surface area (Å²) in [5.74, 6) is 0.653. The van der Waals surface area contributed by atoms with Gasteiger partial charge in [0.15, 0.2) is 0 Å². The summed E-state index contributed by atoms with van der Waals surface area (Å²) in [6.45, 7) is 10.8. The maximum absolute atomic E-state index is 10.9. The summed E-state index contributed by atoms with van der Waals surface area (Å²) in [6, 6.07) is 0. The zero-order chi connectivity index (χ0) is 14.5. The number of esters is 1. The second-order valence-corrected chi connectivity index (χ2v) is 12.4. The van der Waals surface area contributed by atoms with Crippen LogP contribution in [0.5, 0.6) is 0 Å². The molecule has 0 radical (unpaired) electrons. The molecule has 0 saturated heterocycles. The lowest BCUT2D eigenvalue weighted by molar-refractivity contribution is -0.143. The summed E-state index contributed by atoms with van der Waals surface area (Å²) in [6.07, 6.45) is 11.3. The zero-order valence-electron chi connectivity index (χ0n) is 13.2. The van der Waals surface area contributed by atoms with Crippen LogP contribution in [0.15, 0.2) is 12.2 Å². The summed E-state index contributed by atoms with van der Waals surface area (Å²) in [5, 5.41) is 0. The van der Waals surface area contributed by atoms with Crippen LogP contribution < -0.4 is 0 Å². The highest BCUT2D eigenvalue weighted by Gasteiger charge is 2.32. The van der Waals surface area contributed by atoms with Gasteiger partial charge >= 0.3 is 5.97 Å². The molecule has 0 heterocycles. The van der Waals surface area contributed by atoms with E-state index < -0.39 is 8.07 Å². The number of carbonyl (C=O) groups is 1. The van der Waals surface area contributed by atoms with Crippen LogP contribution in [0.3, 0.4) is 0 Å². The molecule has 2 atom stereocenters. The van der Waals surface area contributed by atoms with E-state index >= 15 is 0 Å². The Balaban J connectivity index is 2.69. The average Bonchev–Trinajstić information content (AvgIpc) is 2.27. The largest absolute Gasteiger partial charge is 0.459 e. The molecule has 0 spiro atoms. The molecule has 110 valence electrons. The third kappa shape index (κ3) is 5.94. The summed E-state index contributed by atoms with van der Waals surface area (Å²) in [5.41, 5.74) is 0.714. The maximum atomic E-state index is 10.9. The summed E-state index contributed by atoms with van der Waals surface area (Å²) < 4.78 is 5.19. The third-order valence-corrected chi connectivity index (χ3v) is 6.76. The SMILES string of the molecule is CC(=O)O[C@H](C)/C=C\[C@H](C1CCCCC1)[Si](C)(C)C. The first kappa shape index (κ1) is 16.5.